The molecule has 7 nitrogen and oxygen atoms in total. The van der Waals surface area contributed by atoms with Gasteiger partial charge in [0.1, 0.15) is 11.9 Å². The number of aromatic nitrogens is 2. The number of carbonyl (C=O) groups is 1. The maximum Gasteiger partial charge on any atom is 0.293 e. The van der Waals surface area contributed by atoms with Crippen molar-refractivity contribution in [3.8, 4) is 0 Å². The molecule has 1 fully saturated rings. The number of aryl methyl sites for hydroxylation is 1. The average Bonchev–Trinajstić information content (AvgIpc) is 2.63. The lowest BCUT2D eigenvalue weighted by atomic mass is 10.0. The summed E-state index contributed by atoms with van der Waals surface area (Å²) in [7, 11) is 1.69. The second kappa shape index (κ2) is 7.65. The summed E-state index contributed by atoms with van der Waals surface area (Å²) in [6.07, 6.45) is 4.91. The van der Waals surface area contributed by atoms with Gasteiger partial charge in [-0.1, -0.05) is 12.1 Å². The van der Waals surface area contributed by atoms with E-state index >= 15 is 0 Å². The normalized spacial score (nSPS) is 18.5. The van der Waals surface area contributed by atoms with E-state index in [4.69, 9.17) is 5.73 Å². The van der Waals surface area contributed by atoms with Crippen LogP contribution in [0, 0.1) is 5.82 Å². The number of hydrogen-bond acceptors (Lipinski definition) is 5. The monoisotopic (exact) mass is 359 g/mol. The number of carbonyl (C=O) groups excluding carboxylic acids is 1. The van der Waals surface area contributed by atoms with Crippen LogP contribution in [0.25, 0.3) is 0 Å². The number of halogens is 1. The highest BCUT2D eigenvalue weighted by atomic mass is 19.1. The zero-order valence-corrected chi connectivity index (χ0v) is 14.6. The molecule has 8 heteroatoms. The summed E-state index contributed by atoms with van der Waals surface area (Å²) in [5.74, 6) is -0.492. The molecule has 0 unspecified atom stereocenters. The molecular weight excluding hydrogens is 337 g/mol. The van der Waals surface area contributed by atoms with E-state index in [0.29, 0.717) is 17.9 Å². The van der Waals surface area contributed by atoms with E-state index in [0.717, 1.165) is 19.4 Å². The Labute approximate surface area is 150 Å². The summed E-state index contributed by atoms with van der Waals surface area (Å²) in [5, 5.41) is 3.25. The fourth-order valence-electron chi connectivity index (χ4n) is 3.24. The van der Waals surface area contributed by atoms with Gasteiger partial charge in [-0.3, -0.25) is 14.9 Å². The van der Waals surface area contributed by atoms with Crippen LogP contribution in [0.5, 0.6) is 0 Å². The molecule has 2 atom stereocenters. The number of primary amides is 1. The van der Waals surface area contributed by atoms with Gasteiger partial charge in [0, 0.05) is 38.6 Å². The van der Waals surface area contributed by atoms with Gasteiger partial charge in [-0.15, -0.1) is 0 Å². The first-order valence-electron chi connectivity index (χ1n) is 8.53. The molecule has 26 heavy (non-hydrogen) atoms. The van der Waals surface area contributed by atoms with Crippen molar-refractivity contribution in [3.05, 3.63) is 58.4 Å². The summed E-state index contributed by atoms with van der Waals surface area (Å²) >= 11 is 0. The lowest BCUT2D eigenvalue weighted by molar-refractivity contribution is -0.120. The molecule has 2 heterocycles. The van der Waals surface area contributed by atoms with Crippen molar-refractivity contribution in [2.75, 3.05) is 18.0 Å². The number of nitrogens with zero attached hydrogens (tertiary/aromatic N) is 3. The Hall–Kier alpha value is -2.74. The molecule has 0 radical (unpaired) electrons. The van der Waals surface area contributed by atoms with E-state index in [-0.39, 0.29) is 17.4 Å². The summed E-state index contributed by atoms with van der Waals surface area (Å²) < 4.78 is 14.6. The number of hydrogen-bond donors (Lipinski definition) is 2. The Morgan fingerprint density at radius 3 is 2.81 bits per heavy atom. The van der Waals surface area contributed by atoms with Crippen molar-refractivity contribution in [1.82, 2.24) is 14.9 Å². The van der Waals surface area contributed by atoms with Crippen LogP contribution in [0.15, 0.2) is 41.5 Å². The Bertz CT molecular complexity index is 836. The number of nitrogens with one attached hydrogen (secondary N) is 1. The van der Waals surface area contributed by atoms with Crippen molar-refractivity contribution in [1.29, 1.82) is 0 Å². The number of piperidine rings is 1. The molecule has 1 aromatic carbocycles. The van der Waals surface area contributed by atoms with Crippen LogP contribution < -0.4 is 21.5 Å². The fourth-order valence-corrected chi connectivity index (χ4v) is 3.24. The molecule has 1 aliphatic heterocycles. The largest absolute Gasteiger partial charge is 0.368 e. The molecule has 3 N–H and O–H groups in total. The number of benzene rings is 1. The fraction of sp³-hybridized carbons (Fsp3) is 0.389. The number of amides is 1. The van der Waals surface area contributed by atoms with Gasteiger partial charge in [0.25, 0.3) is 5.56 Å². The van der Waals surface area contributed by atoms with Gasteiger partial charge in [0.2, 0.25) is 5.91 Å². The topological polar surface area (TPSA) is 93.2 Å². The lowest BCUT2D eigenvalue weighted by Gasteiger charge is -2.35. The maximum absolute atomic E-state index is 13.1. The van der Waals surface area contributed by atoms with Crippen molar-refractivity contribution in [2.45, 2.75) is 24.9 Å². The quantitative estimate of drug-likeness (QED) is 0.820. The van der Waals surface area contributed by atoms with E-state index < -0.39 is 11.9 Å². The van der Waals surface area contributed by atoms with E-state index in [2.05, 4.69) is 10.3 Å². The van der Waals surface area contributed by atoms with Crippen molar-refractivity contribution >= 4 is 11.7 Å². The maximum atomic E-state index is 13.1. The third-order valence-corrected chi connectivity index (χ3v) is 4.61. The smallest absolute Gasteiger partial charge is 0.293 e. The van der Waals surface area contributed by atoms with Gasteiger partial charge in [-0.25, -0.2) is 9.37 Å². The molecule has 1 aromatic heterocycles. The van der Waals surface area contributed by atoms with Gasteiger partial charge in [0.05, 0.1) is 0 Å². The van der Waals surface area contributed by atoms with Crippen molar-refractivity contribution < 1.29 is 9.18 Å². The first-order valence-corrected chi connectivity index (χ1v) is 8.53. The lowest BCUT2D eigenvalue weighted by Crippen LogP contribution is -2.50. The van der Waals surface area contributed by atoms with Crippen LogP contribution in [-0.4, -0.2) is 34.6 Å². The predicted molar refractivity (Wildman–Crippen MR) is 96.2 cm³/mol. The molecule has 1 saturated heterocycles. The summed E-state index contributed by atoms with van der Waals surface area (Å²) in [4.78, 5) is 30.3. The molecule has 1 aliphatic rings. The minimum atomic E-state index is -0.716. The minimum absolute atomic E-state index is 0.0435. The third kappa shape index (κ3) is 3.91. The minimum Gasteiger partial charge on any atom is -0.368 e. The number of nitrogens with two attached hydrogens (primary N) is 1. The summed E-state index contributed by atoms with van der Waals surface area (Å²) in [5.41, 5.74) is 6.00. The van der Waals surface area contributed by atoms with Crippen LogP contribution in [0.4, 0.5) is 10.2 Å². The molecule has 138 valence electrons. The highest BCUT2D eigenvalue weighted by molar-refractivity contribution is 5.81. The SMILES string of the molecule is Cn1ccnc(N2CCC[C@H](N[C@@H](C(N)=O)c3ccc(F)cc3)C2)c1=O. The predicted octanol–water partition coefficient (Wildman–Crippen LogP) is 0.704. The second-order valence-corrected chi connectivity index (χ2v) is 6.51. The molecule has 0 aliphatic carbocycles. The van der Waals surface area contributed by atoms with Gasteiger partial charge in [-0.05, 0) is 30.5 Å². The summed E-state index contributed by atoms with van der Waals surface area (Å²) in [6, 6.07) is 4.94. The summed E-state index contributed by atoms with van der Waals surface area (Å²) in [6.45, 7) is 1.26. The van der Waals surface area contributed by atoms with Gasteiger partial charge < -0.3 is 15.2 Å². The first kappa shape index (κ1) is 18.1. The molecular formula is C18H22FN5O2. The highest BCUT2D eigenvalue weighted by Crippen LogP contribution is 2.19. The number of rotatable bonds is 5. The van der Waals surface area contributed by atoms with Crippen LogP contribution >= 0.6 is 0 Å². The molecule has 0 bridgehead atoms. The van der Waals surface area contributed by atoms with Crippen LogP contribution in [0.2, 0.25) is 0 Å². The van der Waals surface area contributed by atoms with Crippen LogP contribution in [0.1, 0.15) is 24.4 Å². The van der Waals surface area contributed by atoms with Crippen molar-refractivity contribution in [2.24, 2.45) is 12.8 Å². The molecule has 0 spiro atoms. The average molecular weight is 359 g/mol. The molecule has 0 saturated carbocycles. The van der Waals surface area contributed by atoms with E-state index in [9.17, 15) is 14.0 Å². The van der Waals surface area contributed by atoms with Crippen molar-refractivity contribution in [3.63, 3.8) is 0 Å². The Morgan fingerprint density at radius 1 is 1.38 bits per heavy atom. The van der Waals surface area contributed by atoms with Gasteiger partial charge in [-0.2, -0.15) is 0 Å². The number of anilines is 1. The third-order valence-electron chi connectivity index (χ3n) is 4.61. The second-order valence-electron chi connectivity index (χ2n) is 6.51. The highest BCUT2D eigenvalue weighted by Gasteiger charge is 2.27. The first-order chi connectivity index (χ1) is 12.5. The Balaban J connectivity index is 1.76. The zero-order valence-electron chi connectivity index (χ0n) is 14.6. The van der Waals surface area contributed by atoms with Gasteiger partial charge >= 0.3 is 0 Å². The zero-order chi connectivity index (χ0) is 18.7. The van der Waals surface area contributed by atoms with Gasteiger partial charge in [0.15, 0.2) is 5.82 Å². The Morgan fingerprint density at radius 2 is 2.12 bits per heavy atom. The standard InChI is InChI=1S/C18H22FN5O2/c1-23-10-8-21-17(18(23)26)24-9-2-3-14(11-24)22-15(16(20)25)12-4-6-13(19)7-5-12/h4-8,10,14-15,22H,2-3,9,11H2,1H3,(H2,20,25)/t14-,15+/m0/s1. The molecule has 1 amide bonds. The van der Waals surface area contributed by atoms with E-state index in [1.54, 1.807) is 31.6 Å². The van der Waals surface area contributed by atoms with Crippen LogP contribution in [-0.2, 0) is 11.8 Å². The molecule has 2 aromatic rings. The Kier molecular flexibility index (Phi) is 5.32. The van der Waals surface area contributed by atoms with E-state index in [1.165, 1.54) is 16.7 Å². The molecule has 3 rings (SSSR count). The van der Waals surface area contributed by atoms with Crippen LogP contribution in [0.3, 0.4) is 0 Å². The van der Waals surface area contributed by atoms with E-state index in [1.807, 2.05) is 4.90 Å².